The van der Waals surface area contributed by atoms with Gasteiger partial charge in [0.15, 0.2) is 0 Å². The normalized spacial score (nSPS) is 0. The van der Waals surface area contributed by atoms with Gasteiger partial charge in [0.25, 0.3) is 0 Å². The van der Waals surface area contributed by atoms with Gasteiger partial charge in [0, 0.05) is 78.7 Å². The quantitative estimate of drug-likeness (QED) is 0.547. The van der Waals surface area contributed by atoms with Crippen molar-refractivity contribution in [2.45, 2.75) is 0 Å². The van der Waals surface area contributed by atoms with Gasteiger partial charge in [0.05, 0.1) is 0 Å². The van der Waals surface area contributed by atoms with E-state index < -0.39 is 0 Å². The Morgan fingerprint density at radius 3 is 1.00 bits per heavy atom. The average molecular weight is 335 g/mol. The summed E-state index contributed by atoms with van der Waals surface area (Å²) >= 11 is 0. The van der Waals surface area contributed by atoms with Crippen molar-refractivity contribution >= 4 is 0 Å². The van der Waals surface area contributed by atoms with Crippen molar-refractivity contribution < 1.29 is 78.7 Å². The first kappa shape index (κ1) is 31.3. The van der Waals surface area contributed by atoms with E-state index in [1.54, 1.807) is 0 Å². The van der Waals surface area contributed by atoms with E-state index in [0.29, 0.717) is 0 Å². The predicted molar refractivity (Wildman–Crippen MR) is 0 cm³/mol. The molecule has 0 rings (SSSR count). The molecule has 0 saturated heterocycles. The molecule has 0 unspecified atom stereocenters. The fourth-order valence-corrected chi connectivity index (χ4v) is 0. The third-order valence-corrected chi connectivity index (χ3v) is 0. The molecule has 0 heterocycles. The summed E-state index contributed by atoms with van der Waals surface area (Å²) in [5.74, 6) is 0. The summed E-state index contributed by atoms with van der Waals surface area (Å²) in [7, 11) is 0. The van der Waals surface area contributed by atoms with Gasteiger partial charge in [-0.2, -0.15) is 0 Å². The van der Waals surface area contributed by atoms with E-state index in [2.05, 4.69) is 0 Å². The third-order valence-electron chi connectivity index (χ3n) is 0. The molecule has 0 aliphatic rings. The summed E-state index contributed by atoms with van der Waals surface area (Å²) in [5.41, 5.74) is 0. The molecule has 0 aromatic carbocycles. The molecule has 0 saturated carbocycles. The zero-order valence-electron chi connectivity index (χ0n) is 1.76. The van der Waals surface area contributed by atoms with E-state index in [0.717, 1.165) is 0 Å². The summed E-state index contributed by atoms with van der Waals surface area (Å²) in [6.45, 7) is 0. The van der Waals surface area contributed by atoms with Gasteiger partial charge in [0.2, 0.25) is 0 Å². The maximum absolute atomic E-state index is 0. The first-order chi connectivity index (χ1) is 0. The zero-order valence-corrected chi connectivity index (χ0v) is 8.93. The maximum atomic E-state index is 0. The van der Waals surface area contributed by atoms with Crippen molar-refractivity contribution in [2.75, 3.05) is 0 Å². The van der Waals surface area contributed by atoms with Gasteiger partial charge in [0.1, 0.15) is 0 Å². The minimum absolute atomic E-state index is 0. The van der Waals surface area contributed by atoms with Crippen LogP contribution in [0.15, 0.2) is 0 Å². The zero-order chi connectivity index (χ0) is 0. The molecule has 4 heavy (non-hydrogen) atoms. The Labute approximate surface area is 77.6 Å². The SMILES string of the molecule is [Cr].[Ti].[V].[W]. The molecule has 0 bridgehead atoms. The Morgan fingerprint density at radius 1 is 1.00 bits per heavy atom. The van der Waals surface area contributed by atoms with Gasteiger partial charge < -0.3 is 0 Å². The Balaban J connectivity index is 0. The van der Waals surface area contributed by atoms with Crippen molar-refractivity contribution in [3.63, 3.8) is 0 Å². The predicted octanol–water partition coefficient (Wildman–Crippen LogP) is -0.0100. The molecular weight excluding hydrogens is 335 g/mol. The van der Waals surface area contributed by atoms with Crippen molar-refractivity contribution in [1.29, 1.82) is 0 Å². The second-order valence-electron chi connectivity index (χ2n) is 0. The first-order valence-electron chi connectivity index (χ1n) is 0. The van der Waals surface area contributed by atoms with Gasteiger partial charge in [-0.15, -0.1) is 0 Å². The van der Waals surface area contributed by atoms with Crippen LogP contribution in [0.4, 0.5) is 0 Å². The van der Waals surface area contributed by atoms with E-state index in [-0.39, 0.29) is 78.7 Å². The topological polar surface area (TPSA) is 0 Å². The molecule has 0 nitrogen and oxygen atoms in total. The van der Waals surface area contributed by atoms with Crippen LogP contribution < -0.4 is 0 Å². The first-order valence-corrected chi connectivity index (χ1v) is 0. The molecule has 0 aliphatic heterocycles. The molecule has 0 aromatic heterocycles. The van der Waals surface area contributed by atoms with Crippen molar-refractivity contribution in [2.24, 2.45) is 0 Å². The molecular formula is CrTiVW. The van der Waals surface area contributed by atoms with Gasteiger partial charge in [-0.05, 0) is 0 Å². The van der Waals surface area contributed by atoms with Crippen LogP contribution in [0.5, 0.6) is 0 Å². The fraction of sp³-hybridized carbons (Fsp3) is 0. The van der Waals surface area contributed by atoms with Crippen LogP contribution >= 0.6 is 0 Å². The fourth-order valence-electron chi connectivity index (χ4n) is 0. The molecule has 0 aromatic rings. The third kappa shape index (κ3) is 8.82. The van der Waals surface area contributed by atoms with Crippen LogP contribution in [0.25, 0.3) is 0 Å². The van der Waals surface area contributed by atoms with E-state index >= 15 is 0 Å². The summed E-state index contributed by atoms with van der Waals surface area (Å²) in [6.07, 6.45) is 0. The van der Waals surface area contributed by atoms with Crippen molar-refractivity contribution in [1.82, 2.24) is 0 Å². The Bertz CT molecular complexity index is 8.00. The summed E-state index contributed by atoms with van der Waals surface area (Å²) < 4.78 is 0. The van der Waals surface area contributed by atoms with Gasteiger partial charge in [-0.1, -0.05) is 0 Å². The summed E-state index contributed by atoms with van der Waals surface area (Å²) in [6, 6.07) is 0. The smallest absolute Gasteiger partial charge is 0 e. The summed E-state index contributed by atoms with van der Waals surface area (Å²) in [5, 5.41) is 0. The van der Waals surface area contributed by atoms with Crippen LogP contribution in [0.2, 0.25) is 0 Å². The molecule has 21 valence electrons. The Kier molecular flexibility index (Phi) is 139. The van der Waals surface area contributed by atoms with Crippen LogP contribution in [0, 0.1) is 0 Å². The second-order valence-corrected chi connectivity index (χ2v) is 0. The Hall–Kier alpha value is 2.52. The van der Waals surface area contributed by atoms with Crippen LogP contribution in [0.3, 0.4) is 0 Å². The number of rotatable bonds is 0. The molecule has 0 atom stereocenters. The summed E-state index contributed by atoms with van der Waals surface area (Å²) in [4.78, 5) is 0. The molecule has 4 heteroatoms. The van der Waals surface area contributed by atoms with E-state index in [1.807, 2.05) is 0 Å². The van der Waals surface area contributed by atoms with Gasteiger partial charge in [-0.3, -0.25) is 0 Å². The maximum Gasteiger partial charge on any atom is 0 e. The average Bonchev–Trinajstić information content (AvgIpc) is 0. The van der Waals surface area contributed by atoms with E-state index in [1.165, 1.54) is 0 Å². The monoisotopic (exact) mass is 335 g/mol. The minimum Gasteiger partial charge on any atom is 0 e. The molecule has 0 aliphatic carbocycles. The molecule has 0 amide bonds. The molecule has 1 radical (unpaired) electrons. The minimum atomic E-state index is 0. The largest absolute Gasteiger partial charge is 0 e. The standard InChI is InChI=1S/Cr.Ti.V.W. The van der Waals surface area contributed by atoms with Crippen LogP contribution in [-0.4, -0.2) is 0 Å². The van der Waals surface area contributed by atoms with Gasteiger partial charge >= 0.3 is 0 Å². The molecule has 0 spiro atoms. The molecule has 0 N–H and O–H groups in total. The number of hydrogen-bond acceptors (Lipinski definition) is 0. The van der Waals surface area contributed by atoms with E-state index in [9.17, 15) is 0 Å². The van der Waals surface area contributed by atoms with Crippen molar-refractivity contribution in [3.05, 3.63) is 0 Å². The number of hydrogen-bond donors (Lipinski definition) is 0. The Morgan fingerprint density at radius 2 is 1.00 bits per heavy atom. The van der Waals surface area contributed by atoms with E-state index in [4.69, 9.17) is 0 Å². The van der Waals surface area contributed by atoms with Gasteiger partial charge in [-0.25, -0.2) is 0 Å². The second kappa shape index (κ2) is 17.8. The van der Waals surface area contributed by atoms with Crippen LogP contribution in [-0.2, 0) is 78.7 Å². The molecule has 0 fully saturated rings. The van der Waals surface area contributed by atoms with Crippen LogP contribution in [0.1, 0.15) is 0 Å². The van der Waals surface area contributed by atoms with Crippen molar-refractivity contribution in [3.8, 4) is 0 Å².